The van der Waals surface area contributed by atoms with Crippen molar-refractivity contribution in [2.75, 3.05) is 12.3 Å². The van der Waals surface area contributed by atoms with Crippen molar-refractivity contribution in [1.82, 2.24) is 0 Å². The molecule has 1 aromatic rings. The van der Waals surface area contributed by atoms with E-state index in [-0.39, 0.29) is 0 Å². The van der Waals surface area contributed by atoms with Gasteiger partial charge in [-0.05, 0) is 42.8 Å². The topological polar surface area (TPSA) is 26.0 Å². The molecule has 0 aliphatic rings. The molecule has 1 rings (SSSR count). The van der Waals surface area contributed by atoms with Gasteiger partial charge in [-0.3, -0.25) is 0 Å². The van der Waals surface area contributed by atoms with Gasteiger partial charge in [0, 0.05) is 4.90 Å². The van der Waals surface area contributed by atoms with E-state index in [2.05, 4.69) is 31.2 Å². The smallest absolute Gasteiger partial charge is 0.00721 e. The molecule has 0 spiro atoms. The summed E-state index contributed by atoms with van der Waals surface area (Å²) in [5, 5.41) is 0. The quantitative estimate of drug-likeness (QED) is 0.575. The summed E-state index contributed by atoms with van der Waals surface area (Å²) in [6.45, 7) is 2.97. The van der Waals surface area contributed by atoms with Crippen LogP contribution in [0.5, 0.6) is 0 Å². The number of unbranched alkanes of at least 4 members (excludes halogenated alkanes) is 1. The second kappa shape index (κ2) is 6.91. The van der Waals surface area contributed by atoms with Gasteiger partial charge in [0.2, 0.25) is 0 Å². The third-order valence-electron chi connectivity index (χ3n) is 2.12. The van der Waals surface area contributed by atoms with Crippen LogP contribution < -0.4 is 5.73 Å². The van der Waals surface area contributed by atoms with Gasteiger partial charge in [0.05, 0.1) is 0 Å². The van der Waals surface area contributed by atoms with Crippen LogP contribution in [0.25, 0.3) is 0 Å². The van der Waals surface area contributed by atoms with Crippen molar-refractivity contribution >= 4 is 11.8 Å². The minimum Gasteiger partial charge on any atom is -0.330 e. The highest BCUT2D eigenvalue weighted by molar-refractivity contribution is 7.99. The van der Waals surface area contributed by atoms with Crippen LogP contribution in [0, 0.1) is 0 Å². The van der Waals surface area contributed by atoms with Crippen molar-refractivity contribution in [3.63, 3.8) is 0 Å². The Hall–Kier alpha value is -0.470. The minimum absolute atomic E-state index is 0.738. The Labute approximate surface area is 91.1 Å². The summed E-state index contributed by atoms with van der Waals surface area (Å²) in [5.41, 5.74) is 6.83. The van der Waals surface area contributed by atoms with Gasteiger partial charge in [-0.2, -0.15) is 0 Å². The predicted octanol–water partition coefficient (Wildman–Crippen LogP) is 3.08. The molecule has 0 bridgehead atoms. The van der Waals surface area contributed by atoms with E-state index in [1.165, 1.54) is 29.1 Å². The fourth-order valence-corrected chi connectivity index (χ4v) is 2.25. The first-order chi connectivity index (χ1) is 6.86. The van der Waals surface area contributed by atoms with Crippen LogP contribution in [0.1, 0.15) is 25.3 Å². The molecule has 1 aromatic carbocycles. The summed E-state index contributed by atoms with van der Waals surface area (Å²) in [4.78, 5) is 1.37. The maximum atomic E-state index is 5.49. The first kappa shape index (κ1) is 11.6. The summed E-state index contributed by atoms with van der Waals surface area (Å²) >= 11 is 1.94. The number of nitrogens with two attached hydrogens (primary N) is 1. The Balaban J connectivity index is 2.38. The first-order valence-electron chi connectivity index (χ1n) is 5.28. The SMILES string of the molecule is CCCCSc1ccc(CCN)cc1. The largest absolute Gasteiger partial charge is 0.330 e. The van der Waals surface area contributed by atoms with E-state index in [4.69, 9.17) is 5.73 Å². The zero-order valence-electron chi connectivity index (χ0n) is 8.83. The van der Waals surface area contributed by atoms with E-state index >= 15 is 0 Å². The number of rotatable bonds is 6. The summed E-state index contributed by atoms with van der Waals surface area (Å²) < 4.78 is 0. The van der Waals surface area contributed by atoms with Gasteiger partial charge in [0.1, 0.15) is 0 Å². The normalized spacial score (nSPS) is 10.4. The van der Waals surface area contributed by atoms with E-state index in [1.807, 2.05) is 11.8 Å². The van der Waals surface area contributed by atoms with Gasteiger partial charge < -0.3 is 5.73 Å². The first-order valence-corrected chi connectivity index (χ1v) is 6.27. The van der Waals surface area contributed by atoms with Gasteiger partial charge in [-0.25, -0.2) is 0 Å². The van der Waals surface area contributed by atoms with Gasteiger partial charge in [0.15, 0.2) is 0 Å². The molecule has 0 aromatic heterocycles. The summed E-state index contributed by atoms with van der Waals surface area (Å²) in [6.07, 6.45) is 3.56. The maximum Gasteiger partial charge on any atom is 0.00721 e. The van der Waals surface area contributed by atoms with Crippen molar-refractivity contribution in [2.24, 2.45) is 5.73 Å². The van der Waals surface area contributed by atoms with Crippen LogP contribution >= 0.6 is 11.8 Å². The Bertz CT molecular complexity index is 243. The van der Waals surface area contributed by atoms with Crippen LogP contribution in [-0.4, -0.2) is 12.3 Å². The lowest BCUT2D eigenvalue weighted by Crippen LogP contribution is -2.02. The summed E-state index contributed by atoms with van der Waals surface area (Å²) in [7, 11) is 0. The van der Waals surface area contributed by atoms with Crippen molar-refractivity contribution < 1.29 is 0 Å². The molecule has 0 radical (unpaired) electrons. The minimum atomic E-state index is 0.738. The Morgan fingerprint density at radius 2 is 1.93 bits per heavy atom. The Morgan fingerprint density at radius 1 is 1.21 bits per heavy atom. The molecule has 0 fully saturated rings. The van der Waals surface area contributed by atoms with E-state index in [1.54, 1.807) is 0 Å². The third kappa shape index (κ3) is 4.16. The summed E-state index contributed by atoms with van der Waals surface area (Å²) in [6, 6.07) is 8.76. The molecule has 14 heavy (non-hydrogen) atoms. The molecule has 2 heteroatoms. The molecule has 78 valence electrons. The molecule has 0 atom stereocenters. The van der Waals surface area contributed by atoms with Gasteiger partial charge in [0.25, 0.3) is 0 Å². The fraction of sp³-hybridized carbons (Fsp3) is 0.500. The molecule has 0 saturated heterocycles. The number of benzene rings is 1. The van der Waals surface area contributed by atoms with Gasteiger partial charge in [-0.15, -0.1) is 11.8 Å². The Kier molecular flexibility index (Phi) is 5.72. The van der Waals surface area contributed by atoms with Crippen molar-refractivity contribution in [1.29, 1.82) is 0 Å². The maximum absolute atomic E-state index is 5.49. The van der Waals surface area contributed by atoms with Gasteiger partial charge >= 0.3 is 0 Å². The van der Waals surface area contributed by atoms with Crippen LogP contribution in [-0.2, 0) is 6.42 Å². The highest BCUT2D eigenvalue weighted by Gasteiger charge is 1.94. The zero-order valence-corrected chi connectivity index (χ0v) is 9.65. The highest BCUT2D eigenvalue weighted by atomic mass is 32.2. The van der Waals surface area contributed by atoms with E-state index in [0.717, 1.165) is 13.0 Å². The lowest BCUT2D eigenvalue weighted by molar-refractivity contribution is 0.896. The number of hydrogen-bond acceptors (Lipinski definition) is 2. The zero-order chi connectivity index (χ0) is 10.2. The second-order valence-corrected chi connectivity index (χ2v) is 4.55. The molecular weight excluding hydrogens is 190 g/mol. The van der Waals surface area contributed by atoms with E-state index in [9.17, 15) is 0 Å². The van der Waals surface area contributed by atoms with Gasteiger partial charge in [-0.1, -0.05) is 25.5 Å². The van der Waals surface area contributed by atoms with Crippen LogP contribution in [0.3, 0.4) is 0 Å². The van der Waals surface area contributed by atoms with E-state index in [0.29, 0.717) is 0 Å². The average Bonchev–Trinajstić information content (AvgIpc) is 2.21. The molecule has 1 nitrogen and oxygen atoms in total. The molecule has 0 amide bonds. The Morgan fingerprint density at radius 3 is 2.50 bits per heavy atom. The molecule has 0 heterocycles. The predicted molar refractivity (Wildman–Crippen MR) is 64.8 cm³/mol. The molecule has 0 unspecified atom stereocenters. The van der Waals surface area contributed by atoms with Crippen molar-refractivity contribution in [3.8, 4) is 0 Å². The lowest BCUT2D eigenvalue weighted by Gasteiger charge is -2.02. The number of thioether (sulfide) groups is 1. The lowest BCUT2D eigenvalue weighted by atomic mass is 10.2. The third-order valence-corrected chi connectivity index (χ3v) is 3.22. The van der Waals surface area contributed by atoms with E-state index < -0.39 is 0 Å². The van der Waals surface area contributed by atoms with Crippen LogP contribution in [0.2, 0.25) is 0 Å². The number of hydrogen-bond donors (Lipinski definition) is 1. The highest BCUT2D eigenvalue weighted by Crippen LogP contribution is 2.19. The molecule has 0 aliphatic heterocycles. The van der Waals surface area contributed by atoms with Crippen molar-refractivity contribution in [3.05, 3.63) is 29.8 Å². The molecule has 2 N–H and O–H groups in total. The fourth-order valence-electron chi connectivity index (χ4n) is 1.25. The molecule has 0 aliphatic carbocycles. The average molecular weight is 209 g/mol. The van der Waals surface area contributed by atoms with Crippen LogP contribution in [0.4, 0.5) is 0 Å². The monoisotopic (exact) mass is 209 g/mol. The second-order valence-electron chi connectivity index (χ2n) is 3.38. The summed E-state index contributed by atoms with van der Waals surface area (Å²) in [5.74, 6) is 1.23. The molecular formula is C12H19NS. The van der Waals surface area contributed by atoms with Crippen LogP contribution in [0.15, 0.2) is 29.2 Å². The van der Waals surface area contributed by atoms with Crippen molar-refractivity contribution in [2.45, 2.75) is 31.1 Å². The molecule has 0 saturated carbocycles. The standard InChI is InChI=1S/C12H19NS/c1-2-3-10-14-12-6-4-11(5-7-12)8-9-13/h4-7H,2-3,8-10,13H2,1H3.